The third kappa shape index (κ3) is 4.01. The van der Waals surface area contributed by atoms with Crippen LogP contribution in [0.4, 0.5) is 14.9 Å². The largest absolute Gasteiger partial charge is 0.472 e. The summed E-state index contributed by atoms with van der Waals surface area (Å²) >= 11 is 0. The van der Waals surface area contributed by atoms with Gasteiger partial charge in [0, 0.05) is 35.1 Å². The summed E-state index contributed by atoms with van der Waals surface area (Å²) in [6, 6.07) is 14.2. The van der Waals surface area contributed by atoms with Crippen LogP contribution in [0.15, 0.2) is 77.9 Å². The van der Waals surface area contributed by atoms with Crippen LogP contribution >= 0.6 is 0 Å². The third-order valence-electron chi connectivity index (χ3n) is 6.00. The number of fused-ring (bicyclic) bond motifs is 2. The van der Waals surface area contributed by atoms with Crippen molar-refractivity contribution in [3.63, 3.8) is 0 Å². The summed E-state index contributed by atoms with van der Waals surface area (Å²) < 4.78 is 19.0. The molecule has 0 saturated carbocycles. The van der Waals surface area contributed by atoms with Gasteiger partial charge in [0.05, 0.1) is 18.2 Å². The Morgan fingerprint density at radius 1 is 1.19 bits per heavy atom. The maximum absolute atomic E-state index is 13.8. The van der Waals surface area contributed by atoms with Crippen LogP contribution in [0.1, 0.15) is 29.0 Å². The first-order valence-corrected chi connectivity index (χ1v) is 10.4. The maximum Gasteiger partial charge on any atom is 0.319 e. The summed E-state index contributed by atoms with van der Waals surface area (Å²) in [7, 11) is 0. The predicted octanol–water partition coefficient (Wildman–Crippen LogP) is 5.43. The minimum atomic E-state index is -0.253. The Bertz CT molecular complexity index is 1220. The molecular formula is C25H22FN3O2. The number of nitrogens with one attached hydrogen (secondary N) is 2. The highest BCUT2D eigenvalue weighted by atomic mass is 19.1. The summed E-state index contributed by atoms with van der Waals surface area (Å²) in [5, 5.41) is 8.05. The Morgan fingerprint density at radius 2 is 2.13 bits per heavy atom. The second-order valence-electron chi connectivity index (χ2n) is 7.93. The molecule has 31 heavy (non-hydrogen) atoms. The van der Waals surface area contributed by atoms with Crippen LogP contribution in [0.25, 0.3) is 10.8 Å². The highest BCUT2D eigenvalue weighted by Crippen LogP contribution is 2.35. The van der Waals surface area contributed by atoms with Crippen molar-refractivity contribution in [3.8, 4) is 0 Å². The van der Waals surface area contributed by atoms with E-state index in [2.05, 4.69) is 15.6 Å². The van der Waals surface area contributed by atoms with E-state index in [1.807, 2.05) is 36.4 Å². The van der Waals surface area contributed by atoms with Crippen LogP contribution in [0.3, 0.4) is 0 Å². The van der Waals surface area contributed by atoms with Crippen molar-refractivity contribution in [3.05, 3.63) is 96.0 Å². The predicted molar refractivity (Wildman–Crippen MR) is 118 cm³/mol. The molecule has 0 bridgehead atoms. The number of furan rings is 1. The SMILES string of the molecule is O=C(Nc1cccc2cnccc12)N[C@H]1CCc2cc(F)ccc2[C@H]1Cc1ccoc1. The molecular weight excluding hydrogens is 393 g/mol. The van der Waals surface area contributed by atoms with Crippen molar-refractivity contribution in [2.24, 2.45) is 0 Å². The molecule has 0 aliphatic heterocycles. The molecule has 0 radical (unpaired) electrons. The van der Waals surface area contributed by atoms with E-state index >= 15 is 0 Å². The number of urea groups is 1. The molecule has 1 aliphatic carbocycles. The molecule has 2 N–H and O–H groups in total. The van der Waals surface area contributed by atoms with E-state index in [0.717, 1.165) is 46.0 Å². The van der Waals surface area contributed by atoms with Crippen LogP contribution in [0, 0.1) is 5.82 Å². The molecule has 2 atom stereocenters. The fourth-order valence-corrected chi connectivity index (χ4v) is 4.53. The lowest BCUT2D eigenvalue weighted by atomic mass is 9.76. The molecule has 1 aliphatic rings. The standard InChI is InChI=1S/C25H22FN3O2/c26-19-5-6-20-17(13-19)4-7-24(22(20)12-16-9-11-31-15-16)29-25(30)28-23-3-1-2-18-14-27-10-8-21(18)23/h1-3,5-6,8-11,13-15,22,24H,4,7,12H2,(H2,28,29,30)/t22-,24+/m1/s1. The zero-order chi connectivity index (χ0) is 21.2. The van der Waals surface area contributed by atoms with Crippen molar-refractivity contribution >= 4 is 22.5 Å². The van der Waals surface area contributed by atoms with Gasteiger partial charge in [0.1, 0.15) is 5.82 Å². The molecule has 2 aromatic heterocycles. The number of anilines is 1. The molecule has 0 spiro atoms. The molecule has 6 heteroatoms. The number of rotatable bonds is 4. The molecule has 5 rings (SSSR count). The number of hydrogen-bond acceptors (Lipinski definition) is 3. The van der Waals surface area contributed by atoms with Crippen molar-refractivity contribution < 1.29 is 13.6 Å². The van der Waals surface area contributed by atoms with Gasteiger partial charge in [-0.25, -0.2) is 9.18 Å². The number of aromatic nitrogens is 1. The first-order valence-electron chi connectivity index (χ1n) is 10.4. The number of aryl methyl sites for hydroxylation is 1. The van der Waals surface area contributed by atoms with E-state index in [0.29, 0.717) is 6.42 Å². The van der Waals surface area contributed by atoms with E-state index in [1.54, 1.807) is 31.0 Å². The van der Waals surface area contributed by atoms with E-state index in [9.17, 15) is 9.18 Å². The number of amides is 2. The number of benzene rings is 2. The van der Waals surface area contributed by atoms with E-state index in [-0.39, 0.29) is 23.8 Å². The molecule has 5 nitrogen and oxygen atoms in total. The van der Waals surface area contributed by atoms with Crippen molar-refractivity contribution in [2.75, 3.05) is 5.32 Å². The minimum absolute atomic E-state index is 0.0319. The summed E-state index contributed by atoms with van der Waals surface area (Å²) in [4.78, 5) is 17.1. The molecule has 2 heterocycles. The Kier molecular flexibility index (Phi) is 5.12. The van der Waals surface area contributed by atoms with Gasteiger partial charge in [0.15, 0.2) is 0 Å². The maximum atomic E-state index is 13.8. The third-order valence-corrected chi connectivity index (χ3v) is 6.00. The molecule has 0 fully saturated rings. The number of hydrogen-bond donors (Lipinski definition) is 2. The van der Waals surface area contributed by atoms with Crippen molar-refractivity contribution in [1.29, 1.82) is 0 Å². The van der Waals surface area contributed by atoms with Gasteiger partial charge in [-0.2, -0.15) is 0 Å². The minimum Gasteiger partial charge on any atom is -0.472 e. The summed E-state index contributed by atoms with van der Waals surface area (Å²) in [5.41, 5.74) is 3.88. The Hall–Kier alpha value is -3.67. The fourth-order valence-electron chi connectivity index (χ4n) is 4.53. The highest BCUT2D eigenvalue weighted by Gasteiger charge is 2.31. The van der Waals surface area contributed by atoms with E-state index in [4.69, 9.17) is 4.42 Å². The number of halogens is 1. The number of carbonyl (C=O) groups excluding carboxylic acids is 1. The van der Waals surface area contributed by atoms with Gasteiger partial charge in [-0.15, -0.1) is 0 Å². The second-order valence-corrected chi connectivity index (χ2v) is 7.93. The average Bonchev–Trinajstić information content (AvgIpc) is 3.29. The first-order chi connectivity index (χ1) is 15.2. The van der Waals surface area contributed by atoms with Gasteiger partial charge in [-0.1, -0.05) is 18.2 Å². The smallest absolute Gasteiger partial charge is 0.319 e. The van der Waals surface area contributed by atoms with Crippen LogP contribution in [-0.2, 0) is 12.8 Å². The lowest BCUT2D eigenvalue weighted by Crippen LogP contribution is -2.44. The van der Waals surface area contributed by atoms with Crippen molar-refractivity contribution in [1.82, 2.24) is 10.3 Å². The summed E-state index contributed by atoms with van der Waals surface area (Å²) in [5.74, 6) is -0.195. The van der Waals surface area contributed by atoms with E-state index < -0.39 is 0 Å². The van der Waals surface area contributed by atoms with Crippen molar-refractivity contribution in [2.45, 2.75) is 31.2 Å². The number of carbonyl (C=O) groups is 1. The van der Waals surface area contributed by atoms with Crippen LogP contribution in [-0.4, -0.2) is 17.1 Å². The Morgan fingerprint density at radius 3 is 3.00 bits per heavy atom. The summed E-state index contributed by atoms with van der Waals surface area (Å²) in [6.07, 6.45) is 9.03. The lowest BCUT2D eigenvalue weighted by molar-refractivity contribution is 0.244. The first kappa shape index (κ1) is 19.3. The molecule has 0 saturated heterocycles. The van der Waals surface area contributed by atoms with Gasteiger partial charge < -0.3 is 15.1 Å². The Balaban J connectivity index is 1.38. The average molecular weight is 415 g/mol. The molecule has 0 unspecified atom stereocenters. The van der Waals surface area contributed by atoms with Crippen LogP contribution in [0.5, 0.6) is 0 Å². The molecule has 2 aromatic carbocycles. The fraction of sp³-hybridized carbons (Fsp3) is 0.200. The number of pyridine rings is 1. The van der Waals surface area contributed by atoms with Crippen LogP contribution < -0.4 is 10.6 Å². The zero-order valence-electron chi connectivity index (χ0n) is 16.8. The summed E-state index contributed by atoms with van der Waals surface area (Å²) in [6.45, 7) is 0. The highest BCUT2D eigenvalue weighted by molar-refractivity contribution is 6.01. The monoisotopic (exact) mass is 415 g/mol. The number of nitrogens with zero attached hydrogens (tertiary/aromatic N) is 1. The second kappa shape index (κ2) is 8.22. The normalized spacial score (nSPS) is 17.8. The van der Waals surface area contributed by atoms with E-state index in [1.165, 1.54) is 6.07 Å². The lowest BCUT2D eigenvalue weighted by Gasteiger charge is -2.34. The molecule has 4 aromatic rings. The topological polar surface area (TPSA) is 67.2 Å². The van der Waals surface area contributed by atoms with Gasteiger partial charge >= 0.3 is 6.03 Å². The van der Waals surface area contributed by atoms with Crippen LogP contribution in [0.2, 0.25) is 0 Å². The van der Waals surface area contributed by atoms with Gasteiger partial charge in [-0.05, 0) is 66.3 Å². The molecule has 156 valence electrons. The zero-order valence-corrected chi connectivity index (χ0v) is 16.8. The van der Waals surface area contributed by atoms with Gasteiger partial charge in [0.2, 0.25) is 0 Å². The van der Waals surface area contributed by atoms with Gasteiger partial charge in [-0.3, -0.25) is 4.98 Å². The molecule has 2 amide bonds. The van der Waals surface area contributed by atoms with Gasteiger partial charge in [0.25, 0.3) is 0 Å². The Labute approximate surface area is 179 Å². The quantitative estimate of drug-likeness (QED) is 0.467.